The number of rotatable bonds is 0. The van der Waals surface area contributed by atoms with Crippen molar-refractivity contribution in [1.29, 1.82) is 0 Å². The molecule has 0 spiro atoms. The van der Waals surface area contributed by atoms with Crippen LogP contribution in [0.25, 0.3) is 0 Å². The van der Waals surface area contributed by atoms with Gasteiger partial charge in [-0.3, -0.25) is 0 Å². The van der Waals surface area contributed by atoms with Crippen molar-refractivity contribution < 1.29 is 0 Å². The van der Waals surface area contributed by atoms with E-state index in [1.807, 2.05) is 0 Å². The third kappa shape index (κ3) is 1.69. The van der Waals surface area contributed by atoms with E-state index in [4.69, 9.17) is 0 Å². The lowest BCUT2D eigenvalue weighted by atomic mass is 10.2. The van der Waals surface area contributed by atoms with Crippen LogP contribution in [0.5, 0.6) is 0 Å². The molecule has 8 heavy (non-hydrogen) atoms. The lowest BCUT2D eigenvalue weighted by molar-refractivity contribution is 0.847. The smallest absolute Gasteiger partial charge is 0.0581 e. The molecule has 44 valence electrons. The lowest BCUT2D eigenvalue weighted by Crippen LogP contribution is -1.90. The third-order valence-corrected chi connectivity index (χ3v) is 5.24. The predicted octanol–water partition coefficient (Wildman–Crippen LogP) is 3.12. The minimum atomic E-state index is 0.273. The van der Waals surface area contributed by atoms with E-state index in [1.165, 1.54) is 6.16 Å². The van der Waals surface area contributed by atoms with Gasteiger partial charge in [-0.2, -0.15) is 0 Å². The molecule has 0 saturated carbocycles. The molecule has 0 bridgehead atoms. The Hall–Kier alpha value is 0.340. The molecule has 0 aliphatic carbocycles. The molecule has 0 aromatic heterocycles. The van der Waals surface area contributed by atoms with Crippen molar-refractivity contribution in [3.63, 3.8) is 0 Å². The van der Waals surface area contributed by atoms with Crippen LogP contribution in [0.2, 0.25) is 0 Å². The molecule has 2 atom stereocenters. The first-order chi connectivity index (χ1) is 3.79. The number of hydrogen-bond donors (Lipinski definition) is 0. The van der Waals surface area contributed by atoms with Crippen molar-refractivity contribution in [1.82, 2.24) is 0 Å². The topological polar surface area (TPSA) is 0 Å². The molecule has 0 amide bonds. The molecule has 0 saturated heterocycles. The standard InChI is InChI=1S/C6H11P2/c1-6-3-4-8(2)7-5-6/h3-4,6H,5H2,1-2H3/q+1/t6-/m1/s1. The quantitative estimate of drug-likeness (QED) is 0.459. The Morgan fingerprint density at radius 1 is 1.75 bits per heavy atom. The van der Waals surface area contributed by atoms with Crippen LogP contribution in [0.4, 0.5) is 0 Å². The van der Waals surface area contributed by atoms with Gasteiger partial charge in [0.05, 0.1) is 0 Å². The van der Waals surface area contributed by atoms with Gasteiger partial charge in [0.1, 0.15) is 27.6 Å². The molecule has 0 aromatic rings. The first kappa shape index (κ1) is 6.46. The molecule has 1 unspecified atom stereocenters. The third-order valence-electron chi connectivity index (χ3n) is 1.22. The summed E-state index contributed by atoms with van der Waals surface area (Å²) in [6, 6.07) is 0. The van der Waals surface area contributed by atoms with Crippen LogP contribution in [0, 0.1) is 5.92 Å². The maximum Gasteiger partial charge on any atom is 0.141 e. The highest BCUT2D eigenvalue weighted by atomic mass is 31.8. The molecule has 2 heteroatoms. The molecular weight excluding hydrogens is 134 g/mol. The summed E-state index contributed by atoms with van der Waals surface area (Å²) in [6.07, 6.45) is 3.74. The summed E-state index contributed by atoms with van der Waals surface area (Å²) < 4.78 is 0. The second-order valence-electron chi connectivity index (χ2n) is 2.22. The Morgan fingerprint density at radius 3 is 2.88 bits per heavy atom. The van der Waals surface area contributed by atoms with Crippen LogP contribution in [0.1, 0.15) is 6.92 Å². The molecule has 0 N–H and O–H groups in total. The van der Waals surface area contributed by atoms with E-state index < -0.39 is 0 Å². The van der Waals surface area contributed by atoms with E-state index in [9.17, 15) is 0 Å². The Morgan fingerprint density at radius 2 is 2.50 bits per heavy atom. The van der Waals surface area contributed by atoms with Gasteiger partial charge >= 0.3 is 0 Å². The van der Waals surface area contributed by atoms with Gasteiger partial charge in [-0.1, -0.05) is 6.92 Å². The highest BCUT2D eigenvalue weighted by Crippen LogP contribution is 2.38. The first-order valence-corrected chi connectivity index (χ1v) is 6.52. The first-order valence-electron chi connectivity index (χ1n) is 2.87. The van der Waals surface area contributed by atoms with Crippen molar-refractivity contribution in [2.75, 3.05) is 12.8 Å². The SMILES string of the molecule is C[C@@H]1C=C[P+](C)=PC1. The fourth-order valence-electron chi connectivity index (χ4n) is 0.637. The maximum atomic E-state index is 2.38. The van der Waals surface area contributed by atoms with Gasteiger partial charge in [0, 0.05) is 6.16 Å². The predicted molar refractivity (Wildman–Crippen MR) is 42.9 cm³/mol. The van der Waals surface area contributed by atoms with Crippen LogP contribution in [-0.2, 0) is 0 Å². The van der Waals surface area contributed by atoms with Gasteiger partial charge in [0.2, 0.25) is 0 Å². The second kappa shape index (κ2) is 2.76. The summed E-state index contributed by atoms with van der Waals surface area (Å²) in [6.45, 7) is 4.62. The molecule has 0 radical (unpaired) electrons. The lowest BCUT2D eigenvalue weighted by Gasteiger charge is -1.98. The van der Waals surface area contributed by atoms with Gasteiger partial charge in [-0.15, -0.1) is 0 Å². The highest BCUT2D eigenvalue weighted by Gasteiger charge is 2.07. The minimum Gasteiger partial charge on any atom is -0.0581 e. The van der Waals surface area contributed by atoms with Crippen molar-refractivity contribution in [3.8, 4) is 0 Å². The molecule has 1 aliphatic rings. The molecule has 0 nitrogen and oxygen atoms in total. The summed E-state index contributed by atoms with van der Waals surface area (Å²) in [7, 11) is 1.94. The van der Waals surface area contributed by atoms with E-state index in [1.54, 1.807) is 7.87 Å². The Balaban J connectivity index is 2.58. The van der Waals surface area contributed by atoms with Crippen molar-refractivity contribution >= 4 is 15.1 Å². The van der Waals surface area contributed by atoms with E-state index in [2.05, 4.69) is 25.5 Å². The summed E-state index contributed by atoms with van der Waals surface area (Å²) in [5.74, 6) is 3.22. The fraction of sp³-hybridized carbons (Fsp3) is 0.667. The molecule has 0 aromatic carbocycles. The zero-order valence-electron chi connectivity index (χ0n) is 5.33. The maximum absolute atomic E-state index is 2.38. The summed E-state index contributed by atoms with van der Waals surface area (Å²) >= 11 is 0. The van der Waals surface area contributed by atoms with Crippen LogP contribution >= 0.6 is 15.1 Å². The van der Waals surface area contributed by atoms with E-state index in [-0.39, 0.29) is 7.21 Å². The second-order valence-corrected chi connectivity index (χ2v) is 7.05. The summed E-state index contributed by atoms with van der Waals surface area (Å²) in [5, 5.41) is 0. The highest BCUT2D eigenvalue weighted by molar-refractivity contribution is 7.95. The Labute approximate surface area is 53.4 Å². The number of hydrogen-bond acceptors (Lipinski definition) is 0. The number of allylic oxidation sites excluding steroid dienone is 1. The average molecular weight is 145 g/mol. The van der Waals surface area contributed by atoms with Gasteiger partial charge in [0.15, 0.2) is 0 Å². The van der Waals surface area contributed by atoms with Gasteiger partial charge in [-0.05, 0) is 12.0 Å². The van der Waals surface area contributed by atoms with Gasteiger partial charge < -0.3 is 0 Å². The largest absolute Gasteiger partial charge is 0.141 e. The van der Waals surface area contributed by atoms with E-state index >= 15 is 0 Å². The summed E-state index contributed by atoms with van der Waals surface area (Å²) in [4.78, 5) is 0. The zero-order valence-corrected chi connectivity index (χ0v) is 7.12. The molecular formula is C6H11P2+. The summed E-state index contributed by atoms with van der Waals surface area (Å²) in [5.41, 5.74) is 0. The monoisotopic (exact) mass is 145 g/mol. The Bertz CT molecular complexity index is 135. The van der Waals surface area contributed by atoms with Crippen LogP contribution < -0.4 is 0 Å². The van der Waals surface area contributed by atoms with Gasteiger partial charge in [-0.25, -0.2) is 0 Å². The fourth-order valence-corrected chi connectivity index (χ4v) is 3.97. The molecule has 1 heterocycles. The van der Waals surface area contributed by atoms with Crippen LogP contribution in [-0.4, -0.2) is 12.8 Å². The van der Waals surface area contributed by atoms with Crippen molar-refractivity contribution in [2.24, 2.45) is 5.92 Å². The molecule has 1 rings (SSSR count). The Kier molecular flexibility index (Phi) is 2.23. The van der Waals surface area contributed by atoms with Crippen molar-refractivity contribution in [2.45, 2.75) is 6.92 Å². The zero-order chi connectivity index (χ0) is 5.98. The van der Waals surface area contributed by atoms with Crippen LogP contribution in [0.15, 0.2) is 11.9 Å². The van der Waals surface area contributed by atoms with E-state index in [0.29, 0.717) is 0 Å². The minimum absolute atomic E-state index is 0.273. The average Bonchev–Trinajstić information content (AvgIpc) is 1.77. The van der Waals surface area contributed by atoms with Gasteiger partial charge in [0.25, 0.3) is 0 Å². The normalized spacial score (nSPS) is 34.2. The molecule has 0 fully saturated rings. The van der Waals surface area contributed by atoms with Crippen molar-refractivity contribution in [3.05, 3.63) is 11.9 Å². The van der Waals surface area contributed by atoms with Crippen LogP contribution in [0.3, 0.4) is 0 Å². The van der Waals surface area contributed by atoms with E-state index in [0.717, 1.165) is 5.92 Å². The molecule has 1 aliphatic heterocycles.